The zero-order valence-corrected chi connectivity index (χ0v) is 5.63. The van der Waals surface area contributed by atoms with E-state index in [9.17, 15) is 30.7 Å². The Hall–Kier alpha value is -0.950. The van der Waals surface area contributed by atoms with Gasteiger partial charge in [-0.15, -0.1) is 0 Å². The van der Waals surface area contributed by atoms with Crippen molar-refractivity contribution in [1.82, 2.24) is 0 Å². The minimum Gasteiger partial charge on any atom is -0.468 e. The van der Waals surface area contributed by atoms with Gasteiger partial charge in [-0.1, -0.05) is 0 Å². The minimum absolute atomic E-state index is 0.221. The van der Waals surface area contributed by atoms with Crippen molar-refractivity contribution in [3.8, 4) is 0 Å². The van der Waals surface area contributed by atoms with Crippen LogP contribution in [0.2, 0.25) is 0 Å². The van der Waals surface area contributed by atoms with Crippen LogP contribution in [0.3, 0.4) is 0 Å². The lowest BCUT2D eigenvalue weighted by molar-refractivity contribution is -0.374. The molecule has 0 amide bonds. The molecule has 0 spiro atoms. The molecule has 1 heterocycles. The predicted octanol–water partition coefficient (Wildman–Crippen LogP) is 2.69. The maximum absolute atomic E-state index is 12.1. The summed E-state index contributed by atoms with van der Waals surface area (Å²) in [6.07, 6.45) is -11.9. The van der Waals surface area contributed by atoms with Gasteiger partial charge in [0.1, 0.15) is 6.26 Å². The number of rotatable bonds is 0. The Labute approximate surface area is 66.8 Å². The van der Waals surface area contributed by atoms with Gasteiger partial charge in [0.15, 0.2) is 5.83 Å². The van der Waals surface area contributed by atoms with Gasteiger partial charge >= 0.3 is 18.0 Å². The molecule has 13 heavy (non-hydrogen) atoms. The van der Waals surface area contributed by atoms with Crippen LogP contribution in [0.15, 0.2) is 12.1 Å². The summed E-state index contributed by atoms with van der Waals surface area (Å²) in [5.41, 5.74) is -4.75. The second-order valence-corrected chi connectivity index (χ2v) is 2.26. The van der Waals surface area contributed by atoms with E-state index in [1.807, 2.05) is 0 Å². The third-order valence-electron chi connectivity index (χ3n) is 1.47. The molecule has 0 aromatic heterocycles. The number of halogens is 7. The van der Waals surface area contributed by atoms with Crippen LogP contribution in [0.5, 0.6) is 0 Å². The average Bonchev–Trinajstić information content (AvgIpc) is 1.77. The van der Waals surface area contributed by atoms with Crippen LogP contribution >= 0.6 is 0 Å². The fourth-order valence-electron chi connectivity index (χ4n) is 0.786. The lowest BCUT2D eigenvalue weighted by atomic mass is 9.98. The van der Waals surface area contributed by atoms with Gasteiger partial charge in [0.25, 0.3) is 0 Å². The molecule has 1 aliphatic heterocycles. The topological polar surface area (TPSA) is 9.23 Å². The quantitative estimate of drug-likeness (QED) is 0.558. The van der Waals surface area contributed by atoms with Crippen LogP contribution in [0, 0.1) is 0 Å². The maximum Gasteiger partial charge on any atom is 0.444 e. The van der Waals surface area contributed by atoms with E-state index in [0.29, 0.717) is 0 Å². The average molecular weight is 210 g/mol. The van der Waals surface area contributed by atoms with Crippen LogP contribution in [0.25, 0.3) is 0 Å². The molecule has 0 aromatic rings. The number of hydrogen-bond acceptors (Lipinski definition) is 1. The van der Waals surface area contributed by atoms with Crippen LogP contribution in [0.4, 0.5) is 30.7 Å². The first kappa shape index (κ1) is 10.1. The summed E-state index contributed by atoms with van der Waals surface area (Å²) >= 11 is 0. The monoisotopic (exact) mass is 210 g/mol. The lowest BCUT2D eigenvalue weighted by Crippen LogP contribution is -2.62. The Morgan fingerprint density at radius 1 is 1.00 bits per heavy atom. The number of ether oxygens (including phenoxy) is 1. The summed E-state index contributed by atoms with van der Waals surface area (Å²) in [4.78, 5) is 0. The molecule has 76 valence electrons. The van der Waals surface area contributed by atoms with E-state index in [0.717, 1.165) is 0 Å². The van der Waals surface area contributed by atoms with Crippen molar-refractivity contribution in [3.05, 3.63) is 12.1 Å². The predicted molar refractivity (Wildman–Crippen MR) is 25.1 cm³/mol. The number of hydrogen-bond donors (Lipinski definition) is 0. The second-order valence-electron chi connectivity index (χ2n) is 2.26. The third-order valence-corrected chi connectivity index (χ3v) is 1.47. The summed E-state index contributed by atoms with van der Waals surface area (Å²) in [7, 11) is 0. The highest BCUT2D eigenvalue weighted by Gasteiger charge is 2.79. The fourth-order valence-corrected chi connectivity index (χ4v) is 0.786. The van der Waals surface area contributed by atoms with E-state index in [2.05, 4.69) is 4.74 Å². The summed E-state index contributed by atoms with van der Waals surface area (Å²) < 4.78 is 86.0. The SMILES string of the molecule is FC1=COC1(C(F)(F)F)C(F)(F)F. The molecule has 1 rings (SSSR count). The van der Waals surface area contributed by atoms with E-state index >= 15 is 0 Å². The highest BCUT2D eigenvalue weighted by Crippen LogP contribution is 2.55. The van der Waals surface area contributed by atoms with Gasteiger partial charge < -0.3 is 4.74 Å². The van der Waals surface area contributed by atoms with Gasteiger partial charge in [0.2, 0.25) is 0 Å². The molecule has 1 aliphatic rings. The van der Waals surface area contributed by atoms with Crippen LogP contribution in [-0.4, -0.2) is 18.0 Å². The molecular weight excluding hydrogens is 209 g/mol. The van der Waals surface area contributed by atoms with E-state index in [4.69, 9.17) is 0 Å². The zero-order valence-electron chi connectivity index (χ0n) is 5.63. The van der Waals surface area contributed by atoms with E-state index in [1.165, 1.54) is 0 Å². The standard InChI is InChI=1S/C5HF7O/c6-2-1-13-3(2,4(7,8)9)5(10,11)12/h1H. The Balaban J connectivity index is 3.15. The first-order valence-corrected chi connectivity index (χ1v) is 2.80. The molecule has 0 fully saturated rings. The van der Waals surface area contributed by atoms with Crippen molar-refractivity contribution >= 4 is 0 Å². The first-order chi connectivity index (χ1) is 5.63. The maximum atomic E-state index is 12.1. The van der Waals surface area contributed by atoms with Crippen LogP contribution in [-0.2, 0) is 4.74 Å². The Morgan fingerprint density at radius 3 is 1.38 bits per heavy atom. The highest BCUT2D eigenvalue weighted by atomic mass is 19.4. The molecular formula is C5HF7O. The van der Waals surface area contributed by atoms with Gasteiger partial charge in [-0.3, -0.25) is 0 Å². The van der Waals surface area contributed by atoms with Crippen molar-refractivity contribution in [1.29, 1.82) is 0 Å². The van der Waals surface area contributed by atoms with Crippen molar-refractivity contribution in [3.63, 3.8) is 0 Å². The molecule has 0 radical (unpaired) electrons. The number of alkyl halides is 6. The summed E-state index contributed by atoms with van der Waals surface area (Å²) in [6, 6.07) is 0. The highest BCUT2D eigenvalue weighted by molar-refractivity contribution is 5.24. The Kier molecular flexibility index (Phi) is 1.79. The van der Waals surface area contributed by atoms with Gasteiger partial charge in [-0.25, -0.2) is 4.39 Å². The molecule has 0 unspecified atom stereocenters. The molecule has 0 N–H and O–H groups in total. The summed E-state index contributed by atoms with van der Waals surface area (Å²) in [6.45, 7) is 0. The molecule has 0 aliphatic carbocycles. The molecule has 0 saturated carbocycles. The van der Waals surface area contributed by atoms with E-state index in [1.54, 1.807) is 0 Å². The van der Waals surface area contributed by atoms with Gasteiger partial charge in [-0.2, -0.15) is 26.3 Å². The van der Waals surface area contributed by atoms with E-state index < -0.39 is 23.8 Å². The Bertz CT molecular complexity index is 233. The van der Waals surface area contributed by atoms with Gasteiger partial charge in [0, 0.05) is 0 Å². The van der Waals surface area contributed by atoms with Crippen molar-refractivity contribution in [2.45, 2.75) is 18.0 Å². The molecule has 0 saturated heterocycles. The van der Waals surface area contributed by atoms with Crippen molar-refractivity contribution < 1.29 is 35.5 Å². The molecule has 1 nitrogen and oxygen atoms in total. The Morgan fingerprint density at radius 2 is 1.38 bits per heavy atom. The van der Waals surface area contributed by atoms with Crippen LogP contribution in [0.1, 0.15) is 0 Å². The molecule has 0 atom stereocenters. The van der Waals surface area contributed by atoms with Crippen LogP contribution < -0.4 is 0 Å². The van der Waals surface area contributed by atoms with Gasteiger partial charge in [0.05, 0.1) is 0 Å². The lowest BCUT2D eigenvalue weighted by Gasteiger charge is -2.39. The van der Waals surface area contributed by atoms with E-state index in [-0.39, 0.29) is 6.26 Å². The second kappa shape index (κ2) is 2.30. The molecule has 0 aromatic carbocycles. The molecule has 0 bridgehead atoms. The van der Waals surface area contributed by atoms with Crippen molar-refractivity contribution in [2.24, 2.45) is 0 Å². The van der Waals surface area contributed by atoms with Gasteiger partial charge in [-0.05, 0) is 0 Å². The fraction of sp³-hybridized carbons (Fsp3) is 0.600. The largest absolute Gasteiger partial charge is 0.468 e. The zero-order chi connectivity index (χ0) is 10.5. The summed E-state index contributed by atoms with van der Waals surface area (Å²) in [5, 5.41) is 0. The normalized spacial score (nSPS) is 21.6. The molecule has 8 heteroatoms. The van der Waals surface area contributed by atoms with Crippen molar-refractivity contribution in [2.75, 3.05) is 0 Å². The third kappa shape index (κ3) is 1.07. The smallest absolute Gasteiger partial charge is 0.444 e. The minimum atomic E-state index is -5.84. The summed E-state index contributed by atoms with van der Waals surface area (Å²) in [5.74, 6) is -2.38. The first-order valence-electron chi connectivity index (χ1n) is 2.80.